The van der Waals surface area contributed by atoms with E-state index in [9.17, 15) is 34.5 Å². The molecule has 378 valence electrons. The van der Waals surface area contributed by atoms with Gasteiger partial charge < -0.3 is 53.2 Å². The van der Waals surface area contributed by atoms with Crippen LogP contribution in [0.4, 0.5) is 5.69 Å². The van der Waals surface area contributed by atoms with Crippen molar-refractivity contribution in [1.82, 2.24) is 4.98 Å². The van der Waals surface area contributed by atoms with Crippen molar-refractivity contribution in [3.05, 3.63) is 75.7 Å². The number of phenols is 1. The second-order valence-electron chi connectivity index (χ2n) is 20.1. The maximum atomic E-state index is 14.8. The number of ketones is 1. The molecule has 4 N–H and O–H groups in total. The van der Waals surface area contributed by atoms with Crippen LogP contribution in [0, 0.1) is 30.6 Å². The number of carbonyl (C=O) groups is 3. The Kier molecular flexibility index (Phi) is 15.5. The fraction of sp³-hybridized carbons (Fsp3) is 0.537. The van der Waals surface area contributed by atoms with Crippen LogP contribution in [0.15, 0.2) is 63.6 Å². The van der Waals surface area contributed by atoms with Gasteiger partial charge in [0.05, 0.1) is 54.7 Å². The third-order valence-corrected chi connectivity index (χ3v) is 15.2. The highest BCUT2D eigenvalue weighted by Gasteiger charge is 2.50. The van der Waals surface area contributed by atoms with E-state index in [1.54, 1.807) is 65.0 Å². The zero-order chi connectivity index (χ0) is 51.0. The molecule has 70 heavy (non-hydrogen) atoms. The number of carbonyl (C=O) groups excluding carboxylic acids is 3. The fourth-order valence-electron chi connectivity index (χ4n) is 10.5. The number of quaternary nitrogens is 1. The molecular formula is C54H70N3O13+. The quantitative estimate of drug-likeness (QED) is 0.0452. The molecule has 3 aromatic carbocycles. The maximum Gasteiger partial charge on any atom is 0.312 e. The molecule has 3 aliphatic rings. The number of amides is 1. The molecule has 16 nitrogen and oxygen atoms in total. The molecule has 9 atom stereocenters. The smallest absolute Gasteiger partial charge is 0.312 e. The van der Waals surface area contributed by atoms with Crippen molar-refractivity contribution < 1.29 is 62.3 Å². The lowest BCUT2D eigenvalue weighted by atomic mass is 9.78. The van der Waals surface area contributed by atoms with Crippen molar-refractivity contribution >= 4 is 56.3 Å². The van der Waals surface area contributed by atoms with E-state index in [0.29, 0.717) is 23.9 Å². The Balaban J connectivity index is 1.38. The lowest BCUT2D eigenvalue weighted by Crippen LogP contribution is -2.55. The summed E-state index contributed by atoms with van der Waals surface area (Å²) < 4.78 is 37.9. The van der Waals surface area contributed by atoms with Gasteiger partial charge in [-0.05, 0) is 71.6 Å². The van der Waals surface area contributed by atoms with Crippen LogP contribution in [0.5, 0.6) is 17.2 Å². The van der Waals surface area contributed by atoms with Gasteiger partial charge in [0, 0.05) is 67.2 Å². The summed E-state index contributed by atoms with van der Waals surface area (Å²) >= 11 is 0. The number of likely N-dealkylation sites (tertiary alicyclic amines) is 1. The highest BCUT2D eigenvalue weighted by Crippen LogP contribution is 2.48. The molecule has 4 heterocycles. The summed E-state index contributed by atoms with van der Waals surface area (Å²) in [7, 11) is 1.45. The minimum absolute atomic E-state index is 0.00208. The number of Topliss-reactive ketones (excluding diaryl/α,β-unsaturated/α-hetero) is 1. The standard InChI is InChI=1S/C54H69N3O13/c1-28(2)57(22-14-12-13-15-23-57)24-26-66-36-19-20-37-39(27-36)69-51-43(55-37)40-41-47(61)34(8)50-42(40)52(63)54(10,70-50)67-25-21-38(65-11)31(5)49(68-35(9)58)33(7)46(60)32(6)45(59)29(3)17-16-18-30(4)53(64)56-44(51)48(41)62/h16-21,25,27-29,31-33,38,45-46,49,59-60H,12-15,22-24,26H2,1-11H3,(H-,55,56,61,62,63,64)/p+1/b17-16+,25-21+,30-18-/t29-,31+,32+,33+,38-,45-,46+,49+,54-/m0/s1. The van der Waals surface area contributed by atoms with Crippen LogP contribution in [0.1, 0.15) is 104 Å². The van der Waals surface area contributed by atoms with E-state index in [2.05, 4.69) is 19.2 Å². The highest BCUT2D eigenvalue weighted by molar-refractivity contribution is 6.26. The Morgan fingerprint density at radius 2 is 1.67 bits per heavy atom. The van der Waals surface area contributed by atoms with Crippen LogP contribution in [0.2, 0.25) is 0 Å². The summed E-state index contributed by atoms with van der Waals surface area (Å²) in [6, 6.07) is 5.62. The van der Waals surface area contributed by atoms with Crippen molar-refractivity contribution in [3.8, 4) is 17.2 Å². The summed E-state index contributed by atoms with van der Waals surface area (Å²) in [6.45, 7) is 20.7. The van der Waals surface area contributed by atoms with E-state index >= 15 is 0 Å². The summed E-state index contributed by atoms with van der Waals surface area (Å²) in [5.41, 5.74) is -0.388. The number of hydrogen-bond donors (Lipinski definition) is 4. The van der Waals surface area contributed by atoms with Crippen molar-refractivity contribution in [2.45, 2.75) is 131 Å². The number of rotatable bonds is 7. The van der Waals surface area contributed by atoms with Gasteiger partial charge in [-0.2, -0.15) is 0 Å². The van der Waals surface area contributed by atoms with Crippen molar-refractivity contribution in [3.63, 3.8) is 0 Å². The monoisotopic (exact) mass is 968 g/mol. The van der Waals surface area contributed by atoms with Crippen LogP contribution in [-0.4, -0.2) is 112 Å². The Morgan fingerprint density at radius 1 is 0.971 bits per heavy atom. The minimum Gasteiger partial charge on any atom is -0.505 e. The molecule has 0 spiro atoms. The first-order valence-corrected chi connectivity index (χ1v) is 24.5. The number of esters is 1. The number of aliphatic hydroxyl groups excluding tert-OH is 2. The van der Waals surface area contributed by atoms with Crippen LogP contribution >= 0.6 is 0 Å². The average Bonchev–Trinajstić information content (AvgIpc) is 3.43. The third kappa shape index (κ3) is 9.92. The number of ether oxygens (including phenoxy) is 5. The molecule has 4 bridgehead atoms. The number of nitrogens with one attached hydrogen (secondary N) is 1. The number of allylic oxidation sites excluding steroid dienone is 2. The zero-order valence-electron chi connectivity index (χ0n) is 42.3. The van der Waals surface area contributed by atoms with Gasteiger partial charge in [0.1, 0.15) is 47.5 Å². The molecule has 3 aliphatic heterocycles. The minimum atomic E-state index is -2.05. The predicted octanol–water partition coefficient (Wildman–Crippen LogP) is 8.18. The molecule has 1 fully saturated rings. The van der Waals surface area contributed by atoms with Crippen LogP contribution in [0.25, 0.3) is 33.0 Å². The first-order valence-electron chi connectivity index (χ1n) is 24.5. The topological polar surface area (TPSA) is 213 Å². The number of nitrogens with zero attached hydrogens (tertiary/aromatic N) is 2. The number of hydrogen-bond acceptors (Lipinski definition) is 14. The van der Waals surface area contributed by atoms with Gasteiger partial charge in [-0.15, -0.1) is 0 Å². The van der Waals surface area contributed by atoms with E-state index in [4.69, 9.17) is 33.1 Å². The summed E-state index contributed by atoms with van der Waals surface area (Å²) in [4.78, 5) is 60.8. The van der Waals surface area contributed by atoms with Crippen molar-refractivity contribution in [2.24, 2.45) is 23.7 Å². The maximum absolute atomic E-state index is 14.8. The number of fused-ring (bicyclic) bond motifs is 2. The van der Waals surface area contributed by atoms with Gasteiger partial charge in [-0.25, -0.2) is 4.98 Å². The van der Waals surface area contributed by atoms with Crippen LogP contribution in [0.3, 0.4) is 0 Å². The first kappa shape index (κ1) is 52.0. The number of benzene rings is 3. The molecule has 4 aromatic rings. The molecule has 1 amide bonds. The average molecular weight is 969 g/mol. The highest BCUT2D eigenvalue weighted by atomic mass is 16.7. The molecular weight excluding hydrogens is 899 g/mol. The normalized spacial score (nSPS) is 29.5. The number of aromatic nitrogens is 1. The SMILES string of the molecule is CO[C@H]1/C=C/O[C@@]2(C)Oc3c(C)c(=O)c4c(O)c(c5oc6cc(OCC[N+]7(C(C)C)CCCCCC7)ccc6nc5c4c3C2=O)NC(=O)/C(C)=C\C=C\[C@H](C)[C@H](O)[C@@H](C)[C@@H](O)[C@@H](C)[C@H](OC(C)=O)[C@@H]1C. The lowest BCUT2D eigenvalue weighted by Gasteiger charge is -2.41. The predicted molar refractivity (Wildman–Crippen MR) is 266 cm³/mol. The molecule has 0 saturated carbocycles. The molecule has 0 radical (unpaired) electrons. The van der Waals surface area contributed by atoms with Crippen molar-refractivity contribution in [2.75, 3.05) is 38.7 Å². The summed E-state index contributed by atoms with van der Waals surface area (Å²) in [6.07, 6.45) is 8.49. The van der Waals surface area contributed by atoms with E-state index in [1.165, 1.54) is 72.0 Å². The second kappa shape index (κ2) is 20.9. The van der Waals surface area contributed by atoms with Gasteiger partial charge in [-0.1, -0.05) is 45.9 Å². The van der Waals surface area contributed by atoms with Gasteiger partial charge in [0.15, 0.2) is 22.3 Å². The van der Waals surface area contributed by atoms with Crippen molar-refractivity contribution in [1.29, 1.82) is 0 Å². The third-order valence-electron chi connectivity index (χ3n) is 15.2. The Labute approximate surface area is 408 Å². The number of anilines is 1. The first-order chi connectivity index (χ1) is 33.1. The molecule has 0 aliphatic carbocycles. The molecule has 16 heteroatoms. The summed E-state index contributed by atoms with van der Waals surface area (Å²) in [5.74, 6) is -6.70. The van der Waals surface area contributed by atoms with Gasteiger partial charge in [-0.3, -0.25) is 19.2 Å². The van der Waals surface area contributed by atoms with Crippen LogP contribution in [-0.2, 0) is 23.8 Å². The van der Waals surface area contributed by atoms with E-state index in [-0.39, 0.29) is 55.6 Å². The van der Waals surface area contributed by atoms with E-state index < -0.39 is 82.7 Å². The molecule has 1 saturated heterocycles. The summed E-state index contributed by atoms with van der Waals surface area (Å²) in [5, 5.41) is 37.7. The fourth-order valence-corrected chi connectivity index (χ4v) is 10.5. The molecule has 0 unspecified atom stereocenters. The van der Waals surface area contributed by atoms with E-state index in [1.807, 2.05) is 0 Å². The Morgan fingerprint density at radius 3 is 2.33 bits per heavy atom. The number of aliphatic hydroxyl groups is 2. The number of methoxy groups -OCH3 is 1. The number of phenolic OH excluding ortho intramolecular Hbond substituents is 1. The van der Waals surface area contributed by atoms with E-state index in [0.717, 1.165) is 24.1 Å². The van der Waals surface area contributed by atoms with Gasteiger partial charge >= 0.3 is 11.8 Å². The Hall–Kier alpha value is -5.81. The lowest BCUT2D eigenvalue weighted by molar-refractivity contribution is -0.947. The van der Waals surface area contributed by atoms with Gasteiger partial charge in [0.25, 0.3) is 11.7 Å². The molecule has 1 aromatic heterocycles. The van der Waals surface area contributed by atoms with Crippen LogP contribution < -0.4 is 20.2 Å². The number of aromatic hydroxyl groups is 1. The largest absolute Gasteiger partial charge is 0.505 e. The zero-order valence-corrected chi connectivity index (χ0v) is 42.3. The van der Waals surface area contributed by atoms with Gasteiger partial charge in [0.2, 0.25) is 0 Å². The molecule has 7 rings (SSSR count). The Bertz CT molecular complexity index is 2800. The second-order valence-corrected chi connectivity index (χ2v) is 20.1.